The van der Waals surface area contributed by atoms with Crippen LogP contribution in [0.4, 0.5) is 0 Å². The molecule has 6 atom stereocenters. The van der Waals surface area contributed by atoms with Crippen molar-refractivity contribution in [3.8, 4) is 5.75 Å². The van der Waals surface area contributed by atoms with E-state index in [1.54, 1.807) is 33.1 Å². The fourth-order valence-corrected chi connectivity index (χ4v) is 7.28. The number of amides is 3. The number of aromatic nitrogens is 3. The zero-order chi connectivity index (χ0) is 41.2. The lowest BCUT2D eigenvalue weighted by atomic mass is 9.79. The summed E-state index contributed by atoms with van der Waals surface area (Å²) in [4.78, 5) is 53.5. The minimum atomic E-state index is -1.56. The van der Waals surface area contributed by atoms with E-state index in [0.29, 0.717) is 45.1 Å². The van der Waals surface area contributed by atoms with Crippen molar-refractivity contribution in [3.63, 3.8) is 0 Å². The van der Waals surface area contributed by atoms with Crippen LogP contribution in [0.1, 0.15) is 89.0 Å². The number of imidazole rings is 1. The third-order valence-electron chi connectivity index (χ3n) is 10.7. The lowest BCUT2D eigenvalue weighted by Crippen LogP contribution is -2.57. The van der Waals surface area contributed by atoms with Crippen LogP contribution in [0, 0.1) is 23.7 Å². The topological polar surface area (TPSA) is 206 Å². The lowest BCUT2D eigenvalue weighted by molar-refractivity contribution is -0.140. The average Bonchev–Trinajstić information content (AvgIpc) is 3.64. The lowest BCUT2D eigenvalue weighted by Gasteiger charge is -2.36. The second kappa shape index (κ2) is 23.9. The summed E-state index contributed by atoms with van der Waals surface area (Å²) >= 11 is 0. The molecule has 15 nitrogen and oxygen atoms in total. The van der Waals surface area contributed by atoms with Gasteiger partial charge in [0.25, 0.3) is 5.91 Å². The Hall–Kier alpha value is -4.15. The first-order valence-electron chi connectivity index (χ1n) is 20.4. The Morgan fingerprint density at radius 1 is 0.877 bits per heavy atom. The molecule has 1 aromatic carbocycles. The molecule has 2 heterocycles. The molecule has 1 saturated carbocycles. The number of carbonyl (C=O) groups excluding carboxylic acids is 3. The first-order chi connectivity index (χ1) is 27.5. The third-order valence-corrected chi connectivity index (χ3v) is 10.7. The van der Waals surface area contributed by atoms with Crippen LogP contribution < -0.4 is 20.7 Å². The molecule has 1 aliphatic carbocycles. The first-order valence-corrected chi connectivity index (χ1v) is 20.4. The van der Waals surface area contributed by atoms with E-state index in [9.17, 15) is 24.6 Å². The van der Waals surface area contributed by atoms with Gasteiger partial charge in [-0.3, -0.25) is 14.4 Å². The van der Waals surface area contributed by atoms with Gasteiger partial charge in [-0.1, -0.05) is 78.4 Å². The number of nitrogens with one attached hydrogen (secondary N) is 4. The summed E-state index contributed by atoms with van der Waals surface area (Å²) in [5, 5.41) is 32.4. The van der Waals surface area contributed by atoms with Crippen LogP contribution in [0.5, 0.6) is 5.75 Å². The zero-order valence-electron chi connectivity index (χ0n) is 34.2. The number of H-pyrrole nitrogens is 1. The second-order valence-electron chi connectivity index (χ2n) is 15.3. The Kier molecular flexibility index (Phi) is 19.1. The van der Waals surface area contributed by atoms with Crippen molar-refractivity contribution >= 4 is 28.8 Å². The van der Waals surface area contributed by atoms with E-state index in [1.165, 1.54) is 6.20 Å². The highest BCUT2D eigenvalue weighted by molar-refractivity contribution is 5.95. The van der Waals surface area contributed by atoms with Gasteiger partial charge in [-0.05, 0) is 48.4 Å². The number of pyridine rings is 1. The van der Waals surface area contributed by atoms with Crippen molar-refractivity contribution in [2.75, 3.05) is 46.8 Å². The van der Waals surface area contributed by atoms with E-state index >= 15 is 0 Å². The minimum absolute atomic E-state index is 0.0268. The molecule has 0 spiro atoms. The highest BCUT2D eigenvalue weighted by Crippen LogP contribution is 2.30. The number of nitrogens with zero attached hydrogens (tertiary/aromatic N) is 2. The van der Waals surface area contributed by atoms with Gasteiger partial charge in [0, 0.05) is 13.3 Å². The standard InChI is InChI=1S/C42H64N6O9/c1-6-28(4)36(41(52)44-26-34-45-30-15-10-11-16-31(30)46-34)48-40(51)35(27(2)3)39(50)38(49)32(25-29-13-8-7-9-14-29)47-42(53)37-33(17-12-18-43-37)57-24-23-56-22-21-55-20-19-54-5/h10-12,15-18,27-29,32,35-36,38-39,49-50H,6-9,13-14,19-26H2,1-5H3,(H,44,52)(H,45,46)(H,47,53)(H,48,51)/t28?,32-,35+,36-,38+,39+/m0/s1. The predicted octanol–water partition coefficient (Wildman–Crippen LogP) is 3.93. The normalized spacial score (nSPS) is 16.7. The summed E-state index contributed by atoms with van der Waals surface area (Å²) in [5.41, 5.74) is 1.66. The number of ether oxygens (including phenoxy) is 4. The number of carbonyl (C=O) groups is 3. The van der Waals surface area contributed by atoms with Crippen molar-refractivity contribution in [1.82, 2.24) is 30.9 Å². The van der Waals surface area contributed by atoms with Gasteiger partial charge in [-0.2, -0.15) is 0 Å². The number of hydrogen-bond donors (Lipinski definition) is 6. The van der Waals surface area contributed by atoms with Crippen LogP contribution >= 0.6 is 0 Å². The molecule has 0 saturated heterocycles. The van der Waals surface area contributed by atoms with Crippen LogP contribution in [0.15, 0.2) is 42.6 Å². The van der Waals surface area contributed by atoms with Crippen molar-refractivity contribution in [2.45, 2.75) is 103 Å². The number of aromatic amines is 1. The molecule has 1 aliphatic rings. The summed E-state index contributed by atoms with van der Waals surface area (Å²) in [6.45, 7) is 9.71. The Bertz CT molecular complexity index is 1630. The molecule has 1 unspecified atom stereocenters. The molecule has 3 aromatic rings. The maximum atomic E-state index is 14.1. The maximum Gasteiger partial charge on any atom is 0.274 e. The van der Waals surface area contributed by atoms with E-state index < -0.39 is 47.9 Å². The van der Waals surface area contributed by atoms with Gasteiger partial charge in [0.05, 0.1) is 68.7 Å². The number of rotatable bonds is 25. The molecule has 4 rings (SSSR count). The van der Waals surface area contributed by atoms with Crippen molar-refractivity contribution in [1.29, 1.82) is 0 Å². The fourth-order valence-electron chi connectivity index (χ4n) is 7.28. The quantitative estimate of drug-likeness (QED) is 0.0678. The number of benzene rings is 1. The molecule has 0 aliphatic heterocycles. The number of hydrogen-bond acceptors (Lipinski definition) is 11. The monoisotopic (exact) mass is 796 g/mol. The summed E-state index contributed by atoms with van der Waals surface area (Å²) in [6.07, 6.45) is 4.47. The van der Waals surface area contributed by atoms with Crippen LogP contribution in [0.2, 0.25) is 0 Å². The van der Waals surface area contributed by atoms with E-state index in [-0.39, 0.29) is 48.9 Å². The minimum Gasteiger partial charge on any atom is -0.489 e. The number of aliphatic hydroxyl groups is 2. The van der Waals surface area contributed by atoms with Crippen LogP contribution in [0.25, 0.3) is 11.0 Å². The maximum absolute atomic E-state index is 14.1. The largest absolute Gasteiger partial charge is 0.489 e. The third kappa shape index (κ3) is 14.0. The summed E-state index contributed by atoms with van der Waals surface area (Å²) in [7, 11) is 1.61. The number of aliphatic hydroxyl groups excluding tert-OH is 2. The van der Waals surface area contributed by atoms with Crippen LogP contribution in [-0.4, -0.2) is 114 Å². The molecule has 2 aromatic heterocycles. The number of methoxy groups -OCH3 is 1. The molecule has 1 fully saturated rings. The average molecular weight is 797 g/mol. The van der Waals surface area contributed by atoms with E-state index in [2.05, 4.69) is 30.9 Å². The van der Waals surface area contributed by atoms with Gasteiger partial charge in [-0.25, -0.2) is 9.97 Å². The van der Waals surface area contributed by atoms with Gasteiger partial charge >= 0.3 is 0 Å². The molecule has 15 heteroatoms. The van der Waals surface area contributed by atoms with E-state index in [1.807, 2.05) is 38.1 Å². The van der Waals surface area contributed by atoms with Gasteiger partial charge in [0.1, 0.15) is 24.6 Å². The predicted molar refractivity (Wildman–Crippen MR) is 215 cm³/mol. The fraction of sp³-hybridized carbons (Fsp3) is 0.643. The summed E-state index contributed by atoms with van der Waals surface area (Å²) < 4.78 is 21.8. The Labute approximate surface area is 336 Å². The Morgan fingerprint density at radius 2 is 1.58 bits per heavy atom. The van der Waals surface area contributed by atoms with Crippen LogP contribution in [0.3, 0.4) is 0 Å². The molecule has 0 bridgehead atoms. The van der Waals surface area contributed by atoms with Gasteiger partial charge in [-0.15, -0.1) is 0 Å². The van der Waals surface area contributed by atoms with E-state index in [4.69, 9.17) is 18.9 Å². The Balaban J connectivity index is 1.43. The molecule has 57 heavy (non-hydrogen) atoms. The van der Waals surface area contributed by atoms with Gasteiger partial charge in [0.15, 0.2) is 11.4 Å². The molecular weight excluding hydrogens is 732 g/mol. The number of fused-ring (bicyclic) bond motifs is 1. The smallest absolute Gasteiger partial charge is 0.274 e. The van der Waals surface area contributed by atoms with Crippen molar-refractivity contribution in [3.05, 3.63) is 54.1 Å². The van der Waals surface area contributed by atoms with Gasteiger partial charge in [0.2, 0.25) is 11.8 Å². The molecule has 6 N–H and O–H groups in total. The zero-order valence-corrected chi connectivity index (χ0v) is 34.2. The molecule has 316 valence electrons. The van der Waals surface area contributed by atoms with Gasteiger partial charge < -0.3 is 50.1 Å². The van der Waals surface area contributed by atoms with Crippen molar-refractivity contribution in [2.24, 2.45) is 23.7 Å². The summed E-state index contributed by atoms with van der Waals surface area (Å²) in [5.74, 6) is -2.25. The van der Waals surface area contributed by atoms with E-state index in [0.717, 1.165) is 43.1 Å². The summed E-state index contributed by atoms with van der Waals surface area (Å²) in [6, 6.07) is 9.05. The second-order valence-corrected chi connectivity index (χ2v) is 15.3. The highest BCUT2D eigenvalue weighted by Gasteiger charge is 2.41. The van der Waals surface area contributed by atoms with Crippen LogP contribution in [-0.2, 0) is 30.3 Å². The SMILES string of the molecule is CCC(C)[C@H](NC(=O)[C@H](C(C)C)[C@@H](O)[C@H](O)[C@H](CC1CCCCC1)NC(=O)c1ncccc1OCCOCCOCCOC)C(=O)NCc1nc2ccccc2[nH]1. The molecule has 0 radical (unpaired) electrons. The van der Waals surface area contributed by atoms with Crippen molar-refractivity contribution < 1.29 is 43.5 Å². The number of para-hydroxylation sites is 2. The molecule has 3 amide bonds. The Morgan fingerprint density at radius 3 is 2.26 bits per heavy atom. The molecular formula is C42H64N6O9. The highest BCUT2D eigenvalue weighted by atomic mass is 16.6. The first kappa shape index (κ1) is 45.6.